The lowest BCUT2D eigenvalue weighted by atomic mass is 10.0. The van der Waals surface area contributed by atoms with E-state index in [1.54, 1.807) is 6.08 Å². The summed E-state index contributed by atoms with van der Waals surface area (Å²) in [6.07, 6.45) is 32.4. The molecular weight excluding hydrogens is 562 g/mol. The zero-order valence-corrected chi connectivity index (χ0v) is 28.5. The fourth-order valence-electron chi connectivity index (χ4n) is 5.24. The Morgan fingerprint density at radius 2 is 1.05 bits per heavy atom. The van der Waals surface area contributed by atoms with Crippen LogP contribution >= 0.6 is 0 Å². The van der Waals surface area contributed by atoms with Crippen molar-refractivity contribution in [3.8, 4) is 0 Å². The van der Waals surface area contributed by atoms with E-state index in [0.29, 0.717) is 12.8 Å². The van der Waals surface area contributed by atoms with E-state index in [1.165, 1.54) is 109 Å². The molecule has 0 aliphatic carbocycles. The van der Waals surface area contributed by atoms with E-state index in [2.05, 4.69) is 31.3 Å². The summed E-state index contributed by atoms with van der Waals surface area (Å²) in [5.74, 6) is -1.55. The van der Waals surface area contributed by atoms with Crippen molar-refractivity contribution in [3.05, 3.63) is 24.3 Å². The molecule has 7 nitrogen and oxygen atoms in total. The molecule has 0 aromatic heterocycles. The van der Waals surface area contributed by atoms with Gasteiger partial charge in [-0.05, 0) is 32.1 Å². The number of carbonyl (C=O) groups is 1. The molecule has 0 fully saturated rings. The van der Waals surface area contributed by atoms with Gasteiger partial charge < -0.3 is 15.5 Å². The minimum Gasteiger partial charge on any atom is -0.387 e. The number of amides is 1. The van der Waals surface area contributed by atoms with Gasteiger partial charge >= 0.3 is 0 Å². The number of hydrogen-bond acceptors (Lipinski definition) is 5. The molecule has 0 saturated carbocycles. The number of nitrogens with one attached hydrogen (secondary N) is 1. The SMILES string of the molecule is CCCCCCCCCCC/C=C/CC/C=C/C(O)C(CS(=O)(=O)O)NC(=O)C(O)CCCCCCCCCCCCC. The lowest BCUT2D eigenvalue weighted by Crippen LogP contribution is -2.50. The van der Waals surface area contributed by atoms with Crippen LogP contribution in [-0.4, -0.2) is 53.1 Å². The van der Waals surface area contributed by atoms with E-state index in [9.17, 15) is 28.0 Å². The van der Waals surface area contributed by atoms with E-state index < -0.39 is 40.0 Å². The van der Waals surface area contributed by atoms with Crippen LogP contribution in [0.1, 0.15) is 168 Å². The molecule has 3 unspecified atom stereocenters. The standard InChI is InChI=1S/C35H67NO6S/c1-3-5-7-9-11-13-15-16-17-18-20-21-23-25-27-29-33(37)32(31-43(40,41)42)36-35(39)34(38)30-28-26-24-22-19-14-12-10-8-6-4-2/h20-21,27,29,32-34,37-38H,3-19,22-26,28,30-31H2,1-2H3,(H,36,39)(H,40,41,42)/b21-20+,29-27+. The van der Waals surface area contributed by atoms with Crippen LogP contribution in [0, 0.1) is 0 Å². The molecular formula is C35H67NO6S. The highest BCUT2D eigenvalue weighted by Crippen LogP contribution is 2.14. The van der Waals surface area contributed by atoms with Crippen LogP contribution in [0.4, 0.5) is 0 Å². The fraction of sp³-hybridized carbons (Fsp3) is 0.857. The van der Waals surface area contributed by atoms with Crippen LogP contribution in [0.3, 0.4) is 0 Å². The average molecular weight is 630 g/mol. The van der Waals surface area contributed by atoms with Gasteiger partial charge in [-0.15, -0.1) is 0 Å². The summed E-state index contributed by atoms with van der Waals surface area (Å²) in [6.45, 7) is 4.46. The van der Waals surface area contributed by atoms with Gasteiger partial charge in [0, 0.05) is 0 Å². The highest BCUT2D eigenvalue weighted by Gasteiger charge is 2.27. The minimum absolute atomic E-state index is 0.277. The molecule has 0 saturated heterocycles. The average Bonchev–Trinajstić information content (AvgIpc) is 2.96. The third kappa shape index (κ3) is 29.3. The third-order valence-corrected chi connectivity index (χ3v) is 8.77. The minimum atomic E-state index is -4.44. The van der Waals surface area contributed by atoms with Crippen LogP contribution in [0.5, 0.6) is 0 Å². The van der Waals surface area contributed by atoms with Gasteiger partial charge in [0.1, 0.15) is 6.10 Å². The molecule has 0 bridgehead atoms. The maximum atomic E-state index is 12.5. The number of aliphatic hydroxyl groups excluding tert-OH is 2. The zero-order chi connectivity index (χ0) is 32.0. The Morgan fingerprint density at radius 1 is 0.628 bits per heavy atom. The topological polar surface area (TPSA) is 124 Å². The van der Waals surface area contributed by atoms with E-state index in [-0.39, 0.29) is 6.42 Å². The maximum absolute atomic E-state index is 12.5. The lowest BCUT2D eigenvalue weighted by Gasteiger charge is -2.22. The van der Waals surface area contributed by atoms with Crippen molar-refractivity contribution in [2.24, 2.45) is 0 Å². The van der Waals surface area contributed by atoms with Gasteiger partial charge in [-0.1, -0.05) is 160 Å². The van der Waals surface area contributed by atoms with Gasteiger partial charge in [-0.25, -0.2) is 0 Å². The Balaban J connectivity index is 4.21. The molecule has 0 spiro atoms. The van der Waals surface area contributed by atoms with Crippen molar-refractivity contribution >= 4 is 16.0 Å². The summed E-state index contributed by atoms with van der Waals surface area (Å²) in [5, 5.41) is 23.2. The molecule has 1 amide bonds. The molecule has 0 heterocycles. The Morgan fingerprint density at radius 3 is 1.53 bits per heavy atom. The van der Waals surface area contributed by atoms with E-state index in [0.717, 1.165) is 32.1 Å². The highest BCUT2D eigenvalue weighted by atomic mass is 32.2. The third-order valence-electron chi connectivity index (χ3n) is 7.99. The van der Waals surface area contributed by atoms with Gasteiger partial charge in [-0.3, -0.25) is 9.35 Å². The first-order valence-corrected chi connectivity index (χ1v) is 19.3. The second-order valence-corrected chi connectivity index (χ2v) is 13.8. The van der Waals surface area contributed by atoms with Crippen LogP contribution in [-0.2, 0) is 14.9 Å². The van der Waals surface area contributed by atoms with Crippen LogP contribution in [0.25, 0.3) is 0 Å². The summed E-state index contributed by atoms with van der Waals surface area (Å²) in [6, 6.07) is -1.24. The molecule has 4 N–H and O–H groups in total. The largest absolute Gasteiger partial charge is 0.387 e. The van der Waals surface area contributed by atoms with Crippen LogP contribution in [0.15, 0.2) is 24.3 Å². The smallest absolute Gasteiger partial charge is 0.267 e. The van der Waals surface area contributed by atoms with Crippen molar-refractivity contribution in [2.75, 3.05) is 5.75 Å². The van der Waals surface area contributed by atoms with Crippen molar-refractivity contribution in [1.82, 2.24) is 5.32 Å². The summed E-state index contributed by atoms with van der Waals surface area (Å²) >= 11 is 0. The van der Waals surface area contributed by atoms with Gasteiger partial charge in [0.15, 0.2) is 0 Å². The second kappa shape index (κ2) is 29.5. The first kappa shape index (κ1) is 41.8. The molecule has 43 heavy (non-hydrogen) atoms. The van der Waals surface area contributed by atoms with Gasteiger partial charge in [-0.2, -0.15) is 8.42 Å². The summed E-state index contributed by atoms with van der Waals surface area (Å²) in [5.41, 5.74) is 0. The number of rotatable bonds is 31. The van der Waals surface area contributed by atoms with Crippen molar-refractivity contribution in [3.63, 3.8) is 0 Å². The number of carbonyl (C=O) groups excluding carboxylic acids is 1. The number of unbranched alkanes of at least 4 members (excludes halogenated alkanes) is 20. The van der Waals surface area contributed by atoms with Crippen LogP contribution < -0.4 is 5.32 Å². The van der Waals surface area contributed by atoms with Gasteiger partial charge in [0.25, 0.3) is 10.1 Å². The monoisotopic (exact) mass is 629 g/mol. The molecule has 3 atom stereocenters. The number of allylic oxidation sites excluding steroid dienone is 3. The Bertz CT molecular complexity index is 798. The predicted octanol–water partition coefficient (Wildman–Crippen LogP) is 8.60. The Labute approximate surface area is 265 Å². The predicted molar refractivity (Wildman–Crippen MR) is 181 cm³/mol. The van der Waals surface area contributed by atoms with Crippen molar-refractivity contribution < 1.29 is 28.0 Å². The summed E-state index contributed by atoms with van der Waals surface area (Å²) < 4.78 is 32.3. The van der Waals surface area contributed by atoms with E-state index in [1.807, 2.05) is 0 Å². The molecule has 0 radical (unpaired) electrons. The van der Waals surface area contributed by atoms with Crippen molar-refractivity contribution in [2.45, 2.75) is 186 Å². The van der Waals surface area contributed by atoms with Crippen LogP contribution in [0.2, 0.25) is 0 Å². The number of aliphatic hydroxyl groups is 2. The summed E-state index contributed by atoms with van der Waals surface area (Å²) in [7, 11) is -4.44. The van der Waals surface area contributed by atoms with Gasteiger partial charge in [0.2, 0.25) is 5.91 Å². The Hall–Kier alpha value is -1.22. The van der Waals surface area contributed by atoms with Gasteiger partial charge in [0.05, 0.1) is 17.9 Å². The van der Waals surface area contributed by atoms with Crippen molar-refractivity contribution in [1.29, 1.82) is 0 Å². The second-order valence-electron chi connectivity index (χ2n) is 12.3. The normalized spacial score (nSPS) is 14.4. The number of hydrogen-bond donors (Lipinski definition) is 4. The fourth-order valence-corrected chi connectivity index (χ4v) is 5.97. The molecule has 0 aliphatic rings. The first-order chi connectivity index (χ1) is 20.7. The quantitative estimate of drug-likeness (QED) is 0.0346. The molecule has 0 aromatic rings. The molecule has 0 rings (SSSR count). The molecule has 254 valence electrons. The van der Waals surface area contributed by atoms with E-state index >= 15 is 0 Å². The lowest BCUT2D eigenvalue weighted by molar-refractivity contribution is -0.130. The zero-order valence-electron chi connectivity index (χ0n) is 27.7. The highest BCUT2D eigenvalue weighted by molar-refractivity contribution is 7.85. The molecule has 0 aromatic carbocycles. The maximum Gasteiger partial charge on any atom is 0.267 e. The van der Waals surface area contributed by atoms with E-state index in [4.69, 9.17) is 0 Å². The molecule has 0 aliphatic heterocycles. The Kier molecular flexibility index (Phi) is 28.7. The summed E-state index contributed by atoms with van der Waals surface area (Å²) in [4.78, 5) is 12.5. The molecule has 8 heteroatoms. The first-order valence-electron chi connectivity index (χ1n) is 17.6.